The lowest BCUT2D eigenvalue weighted by Gasteiger charge is -2.13. The molecule has 2 rings (SSSR count). The van der Waals surface area contributed by atoms with Gasteiger partial charge in [-0.05, 0) is 37.5 Å². The molecule has 2 aromatic rings. The molecule has 28 heavy (non-hydrogen) atoms. The Morgan fingerprint density at radius 1 is 1.07 bits per heavy atom. The summed E-state index contributed by atoms with van der Waals surface area (Å²) in [6.07, 6.45) is 8.89. The van der Waals surface area contributed by atoms with Gasteiger partial charge in [-0.2, -0.15) is 5.26 Å². The first-order valence-electron chi connectivity index (χ1n) is 8.70. The normalized spacial score (nSPS) is 11.1. The maximum atomic E-state index is 9.25. The number of guanidine groups is 1. The minimum Gasteiger partial charge on any atom is -0.492 e. The second-order valence-electron chi connectivity index (χ2n) is 5.84. The van der Waals surface area contributed by atoms with E-state index in [1.807, 2.05) is 6.19 Å². The van der Waals surface area contributed by atoms with Crippen LogP contribution in [0.2, 0.25) is 15.1 Å². The van der Waals surface area contributed by atoms with Crippen LogP contribution in [0.3, 0.4) is 0 Å². The van der Waals surface area contributed by atoms with E-state index >= 15 is 0 Å². The molecule has 0 bridgehead atoms. The first-order valence-corrected chi connectivity index (χ1v) is 9.83. The van der Waals surface area contributed by atoms with Crippen LogP contribution < -0.4 is 15.4 Å². The predicted molar refractivity (Wildman–Crippen MR) is 114 cm³/mol. The number of aromatic nitrogens is 1. The molecule has 148 valence electrons. The molecule has 0 radical (unpaired) electrons. The van der Waals surface area contributed by atoms with Crippen LogP contribution in [0.25, 0.3) is 0 Å². The van der Waals surface area contributed by atoms with Crippen LogP contribution in [0.5, 0.6) is 5.75 Å². The molecule has 0 saturated heterocycles. The first kappa shape index (κ1) is 22.1. The minimum atomic E-state index is 0.172. The zero-order valence-electron chi connectivity index (χ0n) is 15.1. The van der Waals surface area contributed by atoms with Crippen LogP contribution in [-0.2, 0) is 0 Å². The number of unbranched alkanes of at least 4 members (excludes halogenated alkanes) is 3. The van der Waals surface area contributed by atoms with E-state index in [1.54, 1.807) is 36.7 Å². The van der Waals surface area contributed by atoms with Gasteiger partial charge < -0.3 is 10.5 Å². The highest BCUT2D eigenvalue weighted by molar-refractivity contribution is 6.43. The van der Waals surface area contributed by atoms with Gasteiger partial charge in [-0.15, -0.1) is 0 Å². The largest absolute Gasteiger partial charge is 0.492 e. The fourth-order valence-electron chi connectivity index (χ4n) is 2.36. The SMILES string of the molecule is N#CN(C(N)=NCCCCCCOc1cc(Cl)c(Cl)cc1Cl)c1ccncc1. The van der Waals surface area contributed by atoms with Crippen LogP contribution in [0, 0.1) is 11.5 Å². The van der Waals surface area contributed by atoms with Crippen molar-refractivity contribution in [1.82, 2.24) is 4.98 Å². The van der Waals surface area contributed by atoms with Gasteiger partial charge in [0.1, 0.15) is 5.75 Å². The van der Waals surface area contributed by atoms with Gasteiger partial charge in [0, 0.05) is 25.0 Å². The molecule has 0 spiro atoms. The van der Waals surface area contributed by atoms with Crippen LogP contribution in [-0.4, -0.2) is 24.1 Å². The first-order chi connectivity index (χ1) is 13.5. The quantitative estimate of drug-likeness (QED) is 0.143. The van der Waals surface area contributed by atoms with Crippen LogP contribution in [0.1, 0.15) is 25.7 Å². The average molecular weight is 441 g/mol. The molecule has 0 atom stereocenters. The zero-order chi connectivity index (χ0) is 20.4. The molecule has 6 nitrogen and oxygen atoms in total. The van der Waals surface area contributed by atoms with Crippen LogP contribution in [0.15, 0.2) is 41.7 Å². The average Bonchev–Trinajstić information content (AvgIpc) is 2.69. The smallest absolute Gasteiger partial charge is 0.209 e. The topological polar surface area (TPSA) is 87.5 Å². The molecule has 1 aromatic heterocycles. The summed E-state index contributed by atoms with van der Waals surface area (Å²) in [6, 6.07) is 6.59. The van der Waals surface area contributed by atoms with E-state index in [-0.39, 0.29) is 5.96 Å². The van der Waals surface area contributed by atoms with Crippen molar-refractivity contribution in [2.75, 3.05) is 18.1 Å². The number of hydrogen-bond donors (Lipinski definition) is 1. The van der Waals surface area contributed by atoms with Gasteiger partial charge in [-0.3, -0.25) is 9.98 Å². The second-order valence-corrected chi connectivity index (χ2v) is 7.06. The second kappa shape index (κ2) is 11.6. The molecule has 0 unspecified atom stereocenters. The number of nitriles is 1. The van der Waals surface area contributed by atoms with E-state index in [1.165, 1.54) is 4.90 Å². The van der Waals surface area contributed by atoms with E-state index in [0.717, 1.165) is 25.7 Å². The molecule has 2 N–H and O–H groups in total. The summed E-state index contributed by atoms with van der Waals surface area (Å²) >= 11 is 17.9. The van der Waals surface area contributed by atoms with Crippen molar-refractivity contribution in [1.29, 1.82) is 5.26 Å². The van der Waals surface area contributed by atoms with Gasteiger partial charge in [-0.25, -0.2) is 4.90 Å². The van der Waals surface area contributed by atoms with Crippen LogP contribution in [0.4, 0.5) is 5.69 Å². The number of anilines is 1. The maximum absolute atomic E-state index is 9.25. The Balaban J connectivity index is 1.66. The van der Waals surface area contributed by atoms with Gasteiger partial charge in [-0.1, -0.05) is 41.2 Å². The minimum absolute atomic E-state index is 0.172. The third kappa shape index (κ3) is 6.75. The number of nitrogens with zero attached hydrogens (tertiary/aromatic N) is 4. The zero-order valence-corrected chi connectivity index (χ0v) is 17.4. The molecule has 0 aliphatic carbocycles. The lowest BCUT2D eigenvalue weighted by atomic mass is 10.2. The molecule has 9 heteroatoms. The van der Waals surface area contributed by atoms with E-state index in [9.17, 15) is 5.26 Å². The number of pyridine rings is 1. The van der Waals surface area contributed by atoms with Crippen LogP contribution >= 0.6 is 34.8 Å². The Morgan fingerprint density at radius 2 is 1.75 bits per heavy atom. The van der Waals surface area contributed by atoms with Crippen molar-refractivity contribution in [2.24, 2.45) is 10.7 Å². The number of aliphatic imine (C=N–C) groups is 1. The molecule has 0 aliphatic rings. The Labute approximate surface area is 179 Å². The number of halogens is 3. The molecular formula is C19H20Cl3N5O. The molecule has 1 heterocycles. The lowest BCUT2D eigenvalue weighted by Crippen LogP contribution is -2.33. The monoisotopic (exact) mass is 439 g/mol. The van der Waals surface area contributed by atoms with E-state index in [4.69, 9.17) is 45.3 Å². The number of hydrogen-bond acceptors (Lipinski definition) is 4. The van der Waals surface area contributed by atoms with Gasteiger partial charge in [0.05, 0.1) is 27.4 Å². The molecule has 0 fully saturated rings. The third-order valence-corrected chi connectivity index (χ3v) is 4.83. The molecular weight excluding hydrogens is 421 g/mol. The Kier molecular flexibility index (Phi) is 9.15. The van der Waals surface area contributed by atoms with Crippen molar-refractivity contribution in [3.8, 4) is 11.9 Å². The highest BCUT2D eigenvalue weighted by atomic mass is 35.5. The Morgan fingerprint density at radius 3 is 2.46 bits per heavy atom. The van der Waals surface area contributed by atoms with Crippen molar-refractivity contribution in [2.45, 2.75) is 25.7 Å². The standard InChI is InChI=1S/C19H20Cl3N5O/c20-15-11-17(22)18(12-16(15)21)28-10-4-2-1-3-7-26-19(24)27(13-23)14-5-8-25-9-6-14/h5-6,8-9,11-12H,1-4,7,10H2,(H2,24,26). The lowest BCUT2D eigenvalue weighted by molar-refractivity contribution is 0.305. The molecule has 0 aliphatic heterocycles. The number of benzene rings is 1. The van der Waals surface area contributed by atoms with Gasteiger partial charge in [0.25, 0.3) is 0 Å². The fraction of sp³-hybridized carbons (Fsp3) is 0.316. The summed E-state index contributed by atoms with van der Waals surface area (Å²) in [5.41, 5.74) is 6.54. The number of nitrogens with two attached hydrogens (primary N) is 1. The number of rotatable bonds is 9. The highest BCUT2D eigenvalue weighted by Gasteiger charge is 2.09. The van der Waals surface area contributed by atoms with E-state index in [2.05, 4.69) is 9.98 Å². The van der Waals surface area contributed by atoms with Gasteiger partial charge in [0.2, 0.25) is 5.96 Å². The summed E-state index contributed by atoms with van der Waals surface area (Å²) in [4.78, 5) is 9.46. The summed E-state index contributed by atoms with van der Waals surface area (Å²) in [5.74, 6) is 0.701. The Hall–Kier alpha value is -2.20. The highest BCUT2D eigenvalue weighted by Crippen LogP contribution is 2.33. The van der Waals surface area contributed by atoms with Crippen molar-refractivity contribution >= 4 is 46.4 Å². The van der Waals surface area contributed by atoms with Crippen molar-refractivity contribution < 1.29 is 4.74 Å². The molecule has 0 amide bonds. The predicted octanol–water partition coefficient (Wildman–Crippen LogP) is 5.28. The van der Waals surface area contributed by atoms with E-state index in [0.29, 0.717) is 39.7 Å². The van der Waals surface area contributed by atoms with Crippen molar-refractivity contribution in [3.05, 3.63) is 51.7 Å². The summed E-state index contributed by atoms with van der Waals surface area (Å²) < 4.78 is 5.64. The van der Waals surface area contributed by atoms with E-state index < -0.39 is 0 Å². The molecule has 1 aromatic carbocycles. The third-order valence-electron chi connectivity index (χ3n) is 3.81. The fourth-order valence-corrected chi connectivity index (χ4v) is 2.95. The summed E-state index contributed by atoms with van der Waals surface area (Å²) in [6.45, 7) is 1.09. The van der Waals surface area contributed by atoms with Gasteiger partial charge >= 0.3 is 0 Å². The maximum Gasteiger partial charge on any atom is 0.209 e. The summed E-state index contributed by atoms with van der Waals surface area (Å²) in [7, 11) is 0. The Bertz CT molecular complexity index is 839. The summed E-state index contributed by atoms with van der Waals surface area (Å²) in [5, 5.41) is 10.5. The molecule has 0 saturated carbocycles. The van der Waals surface area contributed by atoms with Crippen molar-refractivity contribution in [3.63, 3.8) is 0 Å². The van der Waals surface area contributed by atoms with Gasteiger partial charge in [0.15, 0.2) is 6.19 Å². The number of ether oxygens (including phenoxy) is 1.